The van der Waals surface area contributed by atoms with Crippen LogP contribution in [0.1, 0.15) is 15.2 Å². The molecule has 27 heavy (non-hydrogen) atoms. The van der Waals surface area contributed by atoms with E-state index in [4.69, 9.17) is 0 Å². The number of hydrogen-bond acceptors (Lipinski definition) is 3. The predicted molar refractivity (Wildman–Crippen MR) is 108 cm³/mol. The van der Waals surface area contributed by atoms with Gasteiger partial charge in [-0.15, -0.1) is 11.3 Å². The van der Waals surface area contributed by atoms with Gasteiger partial charge in [-0.25, -0.2) is 0 Å². The highest BCUT2D eigenvalue weighted by Gasteiger charge is 2.18. The van der Waals surface area contributed by atoms with E-state index in [0.29, 0.717) is 17.0 Å². The molecule has 0 fully saturated rings. The van der Waals surface area contributed by atoms with Gasteiger partial charge in [0.2, 0.25) is 5.91 Å². The summed E-state index contributed by atoms with van der Waals surface area (Å²) in [4.78, 5) is 28.9. The first-order valence-electron chi connectivity index (χ1n) is 8.57. The van der Waals surface area contributed by atoms with Crippen molar-refractivity contribution < 1.29 is 9.59 Å². The fraction of sp³-hybridized carbons (Fsp3) is 0.0476. The van der Waals surface area contributed by atoms with E-state index < -0.39 is 0 Å². The lowest BCUT2D eigenvalue weighted by molar-refractivity contribution is -0.115. The molecule has 0 spiro atoms. The maximum absolute atomic E-state index is 12.6. The summed E-state index contributed by atoms with van der Waals surface area (Å²) in [6, 6.07) is 17.5. The van der Waals surface area contributed by atoms with Crippen molar-refractivity contribution in [2.75, 3.05) is 10.6 Å². The van der Waals surface area contributed by atoms with E-state index >= 15 is 0 Å². The van der Waals surface area contributed by atoms with Crippen LogP contribution < -0.4 is 10.6 Å². The van der Waals surface area contributed by atoms with Crippen LogP contribution in [0.25, 0.3) is 21.3 Å². The molecule has 2 aromatic heterocycles. The van der Waals surface area contributed by atoms with Gasteiger partial charge >= 0.3 is 0 Å². The number of fused-ring (bicyclic) bond motifs is 2. The Morgan fingerprint density at radius 3 is 2.89 bits per heavy atom. The zero-order valence-corrected chi connectivity index (χ0v) is 15.0. The summed E-state index contributed by atoms with van der Waals surface area (Å²) in [6.45, 7) is 0. The Bertz CT molecular complexity index is 1210. The van der Waals surface area contributed by atoms with E-state index in [0.717, 1.165) is 32.6 Å². The van der Waals surface area contributed by atoms with Crippen LogP contribution >= 0.6 is 11.3 Å². The number of H-pyrrole nitrogens is 1. The molecule has 0 aliphatic carbocycles. The third-order valence-corrected chi connectivity index (χ3v) is 5.80. The number of carbonyl (C=O) groups is 2. The van der Waals surface area contributed by atoms with Crippen molar-refractivity contribution in [1.29, 1.82) is 0 Å². The minimum absolute atomic E-state index is 0.0181. The van der Waals surface area contributed by atoms with Crippen LogP contribution in [-0.4, -0.2) is 16.8 Å². The molecule has 6 heteroatoms. The van der Waals surface area contributed by atoms with Gasteiger partial charge in [0.15, 0.2) is 0 Å². The van der Waals surface area contributed by atoms with E-state index in [-0.39, 0.29) is 11.8 Å². The number of benzene rings is 2. The largest absolute Gasteiger partial charge is 0.361 e. The number of aromatic nitrogens is 1. The average molecular weight is 373 g/mol. The minimum atomic E-state index is -0.156. The molecule has 3 heterocycles. The van der Waals surface area contributed by atoms with Crippen molar-refractivity contribution in [2.24, 2.45) is 0 Å². The van der Waals surface area contributed by atoms with Crippen LogP contribution in [-0.2, 0) is 11.2 Å². The van der Waals surface area contributed by atoms with Crippen LogP contribution in [0.4, 0.5) is 11.4 Å². The van der Waals surface area contributed by atoms with Crippen LogP contribution in [0, 0.1) is 0 Å². The summed E-state index contributed by atoms with van der Waals surface area (Å²) in [5, 5.41) is 6.87. The number of thiophene rings is 1. The first-order valence-corrected chi connectivity index (χ1v) is 9.39. The summed E-state index contributed by atoms with van der Waals surface area (Å²) in [5.41, 5.74) is 4.55. The summed E-state index contributed by atoms with van der Waals surface area (Å²) in [5.74, 6) is -0.174. The maximum atomic E-state index is 12.6. The second-order valence-electron chi connectivity index (χ2n) is 6.49. The molecule has 0 atom stereocenters. The van der Waals surface area contributed by atoms with Crippen molar-refractivity contribution >= 4 is 45.4 Å². The van der Waals surface area contributed by atoms with E-state index in [1.165, 1.54) is 11.3 Å². The Morgan fingerprint density at radius 1 is 1.04 bits per heavy atom. The third-order valence-electron chi connectivity index (χ3n) is 4.66. The van der Waals surface area contributed by atoms with Gasteiger partial charge in [0.05, 0.1) is 11.3 Å². The number of carbonyl (C=O) groups excluding carboxylic acids is 2. The fourth-order valence-electron chi connectivity index (χ4n) is 3.30. The number of hydrogen-bond donors (Lipinski definition) is 3. The summed E-state index contributed by atoms with van der Waals surface area (Å²) in [6.07, 6.45) is 2.31. The van der Waals surface area contributed by atoms with Gasteiger partial charge in [0.1, 0.15) is 0 Å². The summed E-state index contributed by atoms with van der Waals surface area (Å²) < 4.78 is 0. The second-order valence-corrected chi connectivity index (χ2v) is 7.58. The van der Waals surface area contributed by atoms with Gasteiger partial charge in [0.25, 0.3) is 5.91 Å². The van der Waals surface area contributed by atoms with Crippen molar-refractivity contribution in [3.8, 4) is 10.4 Å². The molecule has 0 bridgehead atoms. The van der Waals surface area contributed by atoms with Gasteiger partial charge in [-0.1, -0.05) is 18.2 Å². The normalized spacial score (nSPS) is 12.8. The minimum Gasteiger partial charge on any atom is -0.361 e. The number of aromatic amines is 1. The molecule has 2 amide bonds. The molecule has 132 valence electrons. The Labute approximate surface area is 159 Å². The standard InChI is InChI=1S/C21H15N3O2S/c25-20-10-13-3-4-15(11-17(13)24-20)23-21(26)19-6-5-18(27-19)14-2-1-12-7-8-22-16(12)9-14/h1-9,11,22H,10H2,(H,23,26)(H,24,25). The third kappa shape index (κ3) is 2.90. The van der Waals surface area contributed by atoms with Gasteiger partial charge in [-0.2, -0.15) is 0 Å². The van der Waals surface area contributed by atoms with Crippen molar-refractivity contribution in [1.82, 2.24) is 4.98 Å². The highest BCUT2D eigenvalue weighted by Crippen LogP contribution is 2.31. The highest BCUT2D eigenvalue weighted by molar-refractivity contribution is 7.17. The highest BCUT2D eigenvalue weighted by atomic mass is 32.1. The van der Waals surface area contributed by atoms with Crippen LogP contribution in [0.3, 0.4) is 0 Å². The second kappa shape index (κ2) is 6.10. The maximum Gasteiger partial charge on any atom is 0.265 e. The van der Waals surface area contributed by atoms with Gasteiger partial charge in [-0.3, -0.25) is 9.59 Å². The molecule has 2 aromatic carbocycles. The van der Waals surface area contributed by atoms with E-state index in [9.17, 15) is 9.59 Å². The SMILES string of the molecule is O=C1Cc2ccc(NC(=O)c3ccc(-c4ccc5cc[nH]c5c4)s3)cc2N1. The zero-order valence-electron chi connectivity index (χ0n) is 14.2. The van der Waals surface area contributed by atoms with E-state index in [2.05, 4.69) is 33.8 Å². The number of anilines is 2. The molecule has 0 saturated carbocycles. The number of amides is 2. The van der Waals surface area contributed by atoms with E-state index in [1.54, 1.807) is 6.07 Å². The molecule has 5 nitrogen and oxygen atoms in total. The van der Waals surface area contributed by atoms with Crippen molar-refractivity contribution in [3.05, 3.63) is 71.2 Å². The lowest BCUT2D eigenvalue weighted by Crippen LogP contribution is -2.10. The van der Waals surface area contributed by atoms with Gasteiger partial charge in [0, 0.05) is 28.0 Å². The van der Waals surface area contributed by atoms with Crippen LogP contribution in [0.5, 0.6) is 0 Å². The van der Waals surface area contributed by atoms with E-state index in [1.807, 2.05) is 36.5 Å². The quantitative estimate of drug-likeness (QED) is 0.489. The molecular weight excluding hydrogens is 358 g/mol. The van der Waals surface area contributed by atoms with Crippen LogP contribution in [0.2, 0.25) is 0 Å². The molecule has 0 saturated heterocycles. The summed E-state index contributed by atoms with van der Waals surface area (Å²) >= 11 is 1.45. The zero-order chi connectivity index (χ0) is 18.4. The molecule has 5 rings (SSSR count). The molecule has 0 radical (unpaired) electrons. The lowest BCUT2D eigenvalue weighted by Gasteiger charge is -2.06. The smallest absolute Gasteiger partial charge is 0.265 e. The summed E-state index contributed by atoms with van der Waals surface area (Å²) in [7, 11) is 0. The Hall–Kier alpha value is -3.38. The Kier molecular flexibility index (Phi) is 3.58. The topological polar surface area (TPSA) is 74.0 Å². The van der Waals surface area contributed by atoms with Gasteiger partial charge < -0.3 is 15.6 Å². The van der Waals surface area contributed by atoms with Gasteiger partial charge in [-0.05, 0) is 52.9 Å². The monoisotopic (exact) mass is 373 g/mol. The molecule has 4 aromatic rings. The van der Waals surface area contributed by atoms with Crippen molar-refractivity contribution in [2.45, 2.75) is 6.42 Å². The molecule has 3 N–H and O–H groups in total. The number of nitrogens with one attached hydrogen (secondary N) is 3. The average Bonchev–Trinajstić information content (AvgIpc) is 3.39. The molecule has 0 unspecified atom stereocenters. The first kappa shape index (κ1) is 15.8. The number of rotatable bonds is 3. The Balaban J connectivity index is 1.37. The lowest BCUT2D eigenvalue weighted by atomic mass is 10.1. The fourth-order valence-corrected chi connectivity index (χ4v) is 4.20. The van der Waals surface area contributed by atoms with Crippen LogP contribution in [0.15, 0.2) is 60.8 Å². The molecule has 1 aliphatic rings. The Morgan fingerprint density at radius 2 is 1.96 bits per heavy atom. The predicted octanol–water partition coefficient (Wildman–Crippen LogP) is 4.64. The van der Waals surface area contributed by atoms with Crippen molar-refractivity contribution in [3.63, 3.8) is 0 Å². The molecular formula is C21H15N3O2S. The first-order chi connectivity index (χ1) is 13.2. The molecule has 1 aliphatic heterocycles.